The Labute approximate surface area is 202 Å². The Morgan fingerprint density at radius 2 is 1.72 bits per heavy atom. The highest BCUT2D eigenvalue weighted by atomic mass is 35.5. The van der Waals surface area contributed by atoms with Gasteiger partial charge in [-0.15, -0.1) is 0 Å². The predicted octanol–water partition coefficient (Wildman–Crippen LogP) is 7.01. The van der Waals surface area contributed by atoms with Crippen LogP contribution in [-0.4, -0.2) is 17.6 Å². The first-order valence-electron chi connectivity index (χ1n) is 10.3. The van der Waals surface area contributed by atoms with Crippen LogP contribution in [0.3, 0.4) is 0 Å². The van der Waals surface area contributed by atoms with E-state index < -0.39 is 22.2 Å². The molecule has 2 atom stereocenters. The maximum Gasteiger partial charge on any atom is 0.367 e. The number of nitrogens with zero attached hydrogens (tertiary/aromatic N) is 1. The molecular weight excluding hydrogens is 471 g/mol. The van der Waals surface area contributed by atoms with Crippen LogP contribution in [0, 0.1) is 16.2 Å². The third-order valence-electron chi connectivity index (χ3n) is 7.68. The highest BCUT2D eigenvalue weighted by molar-refractivity contribution is 6.36. The Morgan fingerprint density at radius 1 is 1.00 bits per heavy atom. The molecular formula is C24H23Cl3N2O3. The minimum absolute atomic E-state index is 0.141. The first-order valence-corrected chi connectivity index (χ1v) is 11.4. The van der Waals surface area contributed by atoms with Crippen LogP contribution >= 0.6 is 34.8 Å². The first kappa shape index (κ1) is 23.1. The van der Waals surface area contributed by atoms with Gasteiger partial charge in [-0.25, -0.2) is 4.79 Å². The Bertz CT molecular complexity index is 1150. The van der Waals surface area contributed by atoms with Crippen molar-refractivity contribution >= 4 is 58.1 Å². The van der Waals surface area contributed by atoms with Crippen LogP contribution in [0.2, 0.25) is 15.1 Å². The molecule has 0 aliphatic heterocycles. The molecule has 0 aromatic heterocycles. The Hall–Kier alpha value is -2.08. The Balaban J connectivity index is 1.62. The zero-order chi connectivity index (χ0) is 23.3. The first-order chi connectivity index (χ1) is 15.0. The molecule has 0 spiro atoms. The van der Waals surface area contributed by atoms with Gasteiger partial charge in [0, 0.05) is 16.9 Å². The smallest absolute Gasteiger partial charge is 0.324 e. The number of amides is 1. The fraction of sp³-hybridized carbons (Fsp3) is 0.375. The number of hydrogen-bond donors (Lipinski definition) is 1. The lowest BCUT2D eigenvalue weighted by Crippen LogP contribution is -2.43. The fourth-order valence-corrected chi connectivity index (χ4v) is 5.68. The van der Waals surface area contributed by atoms with Gasteiger partial charge in [0.05, 0.1) is 32.4 Å². The normalized spacial score (nSPS) is 26.9. The highest BCUT2D eigenvalue weighted by Gasteiger charge is 2.71. The van der Waals surface area contributed by atoms with Crippen molar-refractivity contribution in [1.29, 1.82) is 0 Å². The summed E-state index contributed by atoms with van der Waals surface area (Å²) in [6, 6.07) is 11.6. The number of hydrogen-bond acceptors (Lipinski definition) is 4. The summed E-state index contributed by atoms with van der Waals surface area (Å²) >= 11 is 18.4. The van der Waals surface area contributed by atoms with E-state index in [2.05, 4.69) is 31.2 Å². The molecule has 2 aliphatic carbocycles. The van der Waals surface area contributed by atoms with Gasteiger partial charge in [-0.1, -0.05) is 72.9 Å². The Kier molecular flexibility index (Phi) is 5.81. The number of benzene rings is 2. The maximum atomic E-state index is 13.6. The molecule has 2 bridgehead atoms. The molecule has 0 radical (unpaired) electrons. The summed E-state index contributed by atoms with van der Waals surface area (Å²) in [5.74, 6) is -0.769. The summed E-state index contributed by atoms with van der Waals surface area (Å²) in [6.07, 6.45) is 1.83. The molecule has 2 aromatic rings. The second kappa shape index (κ2) is 8.05. The number of fused-ring (bicyclic) bond motifs is 2. The van der Waals surface area contributed by atoms with E-state index in [9.17, 15) is 9.59 Å². The van der Waals surface area contributed by atoms with E-state index in [1.807, 2.05) is 0 Å². The van der Waals surface area contributed by atoms with Crippen molar-refractivity contribution in [2.45, 2.75) is 40.0 Å². The van der Waals surface area contributed by atoms with Crippen LogP contribution in [0.5, 0.6) is 0 Å². The average molecular weight is 494 g/mol. The van der Waals surface area contributed by atoms with Crippen LogP contribution < -0.4 is 5.32 Å². The molecule has 8 heteroatoms. The molecule has 168 valence electrons. The standard InChI is InChI=1S/C24H23Cl3N2O3/c1-22(2)23(3)10-11-24(22,21(31)28-18-12-14(25)8-9-17(18)27)13-19(23)29-32-20(30)15-6-4-5-7-16(15)26/h4-9,12H,10-11,13H2,1-3H3,(H,28,31)/b29-19+. The number of anilines is 1. The van der Waals surface area contributed by atoms with E-state index in [0.29, 0.717) is 39.3 Å². The third-order valence-corrected chi connectivity index (χ3v) is 8.57. The molecule has 4 rings (SSSR count). The van der Waals surface area contributed by atoms with Gasteiger partial charge >= 0.3 is 5.97 Å². The highest BCUT2D eigenvalue weighted by Crippen LogP contribution is 2.71. The van der Waals surface area contributed by atoms with E-state index in [0.717, 1.165) is 6.42 Å². The summed E-state index contributed by atoms with van der Waals surface area (Å²) in [4.78, 5) is 31.3. The van der Waals surface area contributed by atoms with Gasteiger partial charge in [-0.05, 0) is 48.6 Å². The van der Waals surface area contributed by atoms with Crippen LogP contribution in [0.1, 0.15) is 50.4 Å². The van der Waals surface area contributed by atoms with Crippen molar-refractivity contribution in [3.63, 3.8) is 0 Å². The van der Waals surface area contributed by atoms with E-state index in [1.165, 1.54) is 0 Å². The molecule has 2 aliphatic rings. The Morgan fingerprint density at radius 3 is 2.44 bits per heavy atom. The number of rotatable bonds is 4. The van der Waals surface area contributed by atoms with Gasteiger partial charge < -0.3 is 10.2 Å². The second-order valence-electron chi connectivity index (χ2n) is 9.19. The van der Waals surface area contributed by atoms with Gasteiger partial charge in [0.15, 0.2) is 0 Å². The van der Waals surface area contributed by atoms with Crippen molar-refractivity contribution in [3.05, 3.63) is 63.1 Å². The summed E-state index contributed by atoms with van der Waals surface area (Å²) in [5, 5.41) is 8.40. The molecule has 2 fully saturated rings. The van der Waals surface area contributed by atoms with Crippen LogP contribution in [0.25, 0.3) is 0 Å². The number of nitrogens with one attached hydrogen (secondary N) is 1. The van der Waals surface area contributed by atoms with Crippen molar-refractivity contribution < 1.29 is 14.4 Å². The summed E-state index contributed by atoms with van der Waals surface area (Å²) < 4.78 is 0. The number of carbonyl (C=O) groups excluding carboxylic acids is 2. The minimum atomic E-state index is -0.719. The van der Waals surface area contributed by atoms with Crippen LogP contribution in [0.15, 0.2) is 47.6 Å². The summed E-state index contributed by atoms with van der Waals surface area (Å²) in [6.45, 7) is 6.21. The maximum absolute atomic E-state index is 13.6. The topological polar surface area (TPSA) is 67.8 Å². The van der Waals surface area contributed by atoms with E-state index in [1.54, 1.807) is 42.5 Å². The van der Waals surface area contributed by atoms with Gasteiger partial charge in [0.2, 0.25) is 5.91 Å². The van der Waals surface area contributed by atoms with Gasteiger partial charge in [-0.3, -0.25) is 4.79 Å². The average Bonchev–Trinajstić information content (AvgIpc) is 3.05. The molecule has 0 heterocycles. The van der Waals surface area contributed by atoms with Gasteiger partial charge in [-0.2, -0.15) is 0 Å². The second-order valence-corrected chi connectivity index (χ2v) is 10.4. The molecule has 1 amide bonds. The lowest BCUT2D eigenvalue weighted by Gasteiger charge is -2.39. The molecule has 32 heavy (non-hydrogen) atoms. The quantitative estimate of drug-likeness (QED) is 0.368. The number of halogens is 3. The monoisotopic (exact) mass is 492 g/mol. The van der Waals surface area contributed by atoms with E-state index in [4.69, 9.17) is 39.6 Å². The van der Waals surface area contributed by atoms with Gasteiger partial charge in [0.1, 0.15) is 0 Å². The SMILES string of the molecule is CC12CCC(C(=O)Nc3cc(Cl)ccc3Cl)(C/C1=N\OC(=O)c1ccccc1Cl)C2(C)C. The molecule has 0 saturated heterocycles. The lowest BCUT2D eigenvalue weighted by molar-refractivity contribution is -0.130. The third kappa shape index (κ3) is 3.42. The zero-order valence-corrected chi connectivity index (χ0v) is 20.2. The van der Waals surface area contributed by atoms with Gasteiger partial charge in [0.25, 0.3) is 0 Å². The fourth-order valence-electron chi connectivity index (χ4n) is 5.13. The molecule has 2 saturated carbocycles. The number of carbonyl (C=O) groups is 2. The van der Waals surface area contributed by atoms with Crippen molar-refractivity contribution in [2.24, 2.45) is 21.4 Å². The summed E-state index contributed by atoms with van der Waals surface area (Å²) in [7, 11) is 0. The van der Waals surface area contributed by atoms with E-state index >= 15 is 0 Å². The lowest BCUT2D eigenvalue weighted by atomic mass is 9.64. The molecule has 1 N–H and O–H groups in total. The largest absolute Gasteiger partial charge is 0.367 e. The van der Waals surface area contributed by atoms with E-state index in [-0.39, 0.29) is 11.5 Å². The van der Waals surface area contributed by atoms with Crippen molar-refractivity contribution in [2.75, 3.05) is 5.32 Å². The minimum Gasteiger partial charge on any atom is -0.324 e. The molecule has 5 nitrogen and oxygen atoms in total. The van der Waals surface area contributed by atoms with Crippen LogP contribution in [0.4, 0.5) is 5.69 Å². The predicted molar refractivity (Wildman–Crippen MR) is 128 cm³/mol. The molecule has 2 unspecified atom stereocenters. The molecule has 2 aromatic carbocycles. The van der Waals surface area contributed by atoms with Crippen molar-refractivity contribution in [3.8, 4) is 0 Å². The summed E-state index contributed by atoms with van der Waals surface area (Å²) in [5.41, 5.74) is -0.133. The van der Waals surface area contributed by atoms with Crippen molar-refractivity contribution in [1.82, 2.24) is 0 Å². The van der Waals surface area contributed by atoms with Crippen LogP contribution in [-0.2, 0) is 9.63 Å². The zero-order valence-electron chi connectivity index (χ0n) is 18.0. The number of oxime groups is 1.